The summed E-state index contributed by atoms with van der Waals surface area (Å²) in [6.07, 6.45) is 61.6. The van der Waals surface area contributed by atoms with Crippen LogP contribution in [0.3, 0.4) is 0 Å². The molecular weight excluding hydrogens is 745 g/mol. The van der Waals surface area contributed by atoms with Gasteiger partial charge in [-0.2, -0.15) is 0 Å². The van der Waals surface area contributed by atoms with E-state index in [9.17, 15) is 14.4 Å². The molecule has 0 saturated heterocycles. The Balaban J connectivity index is 4.47. The van der Waals surface area contributed by atoms with E-state index in [1.165, 1.54) is 83.5 Å². The molecule has 0 radical (unpaired) electrons. The minimum Gasteiger partial charge on any atom is -0.462 e. The Bertz CT molecular complexity index is 1190. The Morgan fingerprint density at radius 2 is 0.667 bits per heavy atom. The van der Waals surface area contributed by atoms with E-state index in [4.69, 9.17) is 14.2 Å². The van der Waals surface area contributed by atoms with Gasteiger partial charge >= 0.3 is 17.9 Å². The Morgan fingerprint density at radius 3 is 1.17 bits per heavy atom. The summed E-state index contributed by atoms with van der Waals surface area (Å²) in [4.78, 5) is 37.8. The third-order valence-electron chi connectivity index (χ3n) is 10.1. The fourth-order valence-electron chi connectivity index (χ4n) is 6.41. The molecule has 6 heteroatoms. The highest BCUT2D eigenvalue weighted by Crippen LogP contribution is 2.12. The quantitative estimate of drug-likeness (QED) is 0.0263. The molecule has 1 atom stereocenters. The van der Waals surface area contributed by atoms with Gasteiger partial charge in [0.1, 0.15) is 13.2 Å². The lowest BCUT2D eigenvalue weighted by atomic mass is 10.1. The van der Waals surface area contributed by atoms with Crippen LogP contribution < -0.4 is 0 Å². The number of carbonyl (C=O) groups excluding carboxylic acids is 3. The molecule has 0 aliphatic carbocycles. The molecule has 0 aromatic carbocycles. The lowest BCUT2D eigenvalue weighted by Gasteiger charge is -2.18. The molecule has 0 rings (SSSR count). The highest BCUT2D eigenvalue weighted by atomic mass is 16.6. The van der Waals surface area contributed by atoms with Gasteiger partial charge < -0.3 is 14.2 Å². The van der Waals surface area contributed by atoms with E-state index in [1.807, 2.05) is 0 Å². The van der Waals surface area contributed by atoms with Crippen LogP contribution in [0.25, 0.3) is 0 Å². The van der Waals surface area contributed by atoms with Gasteiger partial charge in [-0.3, -0.25) is 14.4 Å². The summed E-state index contributed by atoms with van der Waals surface area (Å²) in [5, 5.41) is 0. The molecule has 0 heterocycles. The molecule has 0 spiro atoms. The number of ether oxygens (including phenoxy) is 3. The summed E-state index contributed by atoms with van der Waals surface area (Å²) in [5.41, 5.74) is 0. The minimum absolute atomic E-state index is 0.115. The predicted octanol–water partition coefficient (Wildman–Crippen LogP) is 16.0. The third kappa shape index (κ3) is 45.7. The maximum Gasteiger partial charge on any atom is 0.306 e. The van der Waals surface area contributed by atoms with E-state index >= 15 is 0 Å². The zero-order valence-electron chi connectivity index (χ0n) is 38.9. The number of carbonyl (C=O) groups is 3. The monoisotopic (exact) mass is 835 g/mol. The van der Waals surface area contributed by atoms with Crippen molar-refractivity contribution >= 4 is 17.9 Å². The number of allylic oxidation sites excluding steroid dienone is 14. The summed E-state index contributed by atoms with van der Waals surface area (Å²) >= 11 is 0. The zero-order chi connectivity index (χ0) is 43.7. The molecule has 1 unspecified atom stereocenters. The van der Waals surface area contributed by atoms with Crippen LogP contribution >= 0.6 is 0 Å². The largest absolute Gasteiger partial charge is 0.462 e. The number of hydrogen-bond acceptors (Lipinski definition) is 6. The lowest BCUT2D eigenvalue weighted by molar-refractivity contribution is -0.167. The van der Waals surface area contributed by atoms with Gasteiger partial charge in [0.2, 0.25) is 0 Å². The van der Waals surface area contributed by atoms with Crippen LogP contribution in [-0.4, -0.2) is 37.2 Å². The zero-order valence-corrected chi connectivity index (χ0v) is 38.9. The Kier molecular flexibility index (Phi) is 45.5. The van der Waals surface area contributed by atoms with E-state index in [2.05, 4.69) is 106 Å². The SMILES string of the molecule is CC/C=C\C/C=C\CCCCC(=O)OCC(COC(=O)CCC/C=C\C/C=C\C/C=C\C/C=C\CCCCC)OC(=O)CCCCCCC/C=C\CCCCCCCCC. The number of esters is 3. The summed E-state index contributed by atoms with van der Waals surface area (Å²) in [5.74, 6) is -1.02. The van der Waals surface area contributed by atoms with Crippen LogP contribution in [0.4, 0.5) is 0 Å². The van der Waals surface area contributed by atoms with Gasteiger partial charge in [-0.15, -0.1) is 0 Å². The van der Waals surface area contributed by atoms with Gasteiger partial charge in [-0.25, -0.2) is 0 Å². The summed E-state index contributed by atoms with van der Waals surface area (Å²) < 4.78 is 16.6. The minimum atomic E-state index is -0.814. The first-order valence-electron chi connectivity index (χ1n) is 24.6. The fraction of sp³-hybridized carbons (Fsp3) is 0.685. The maximum absolute atomic E-state index is 12.8. The molecule has 0 aromatic rings. The topological polar surface area (TPSA) is 78.9 Å². The van der Waals surface area contributed by atoms with E-state index in [0.29, 0.717) is 19.3 Å². The average molecular weight is 835 g/mol. The second-order valence-electron chi connectivity index (χ2n) is 16.0. The smallest absolute Gasteiger partial charge is 0.306 e. The van der Waals surface area contributed by atoms with Crippen LogP contribution in [0.1, 0.15) is 220 Å². The molecule has 0 aromatic heterocycles. The van der Waals surface area contributed by atoms with Gasteiger partial charge in [0, 0.05) is 19.3 Å². The molecule has 0 aliphatic heterocycles. The second kappa shape index (κ2) is 48.3. The molecule has 0 amide bonds. The number of hydrogen-bond donors (Lipinski definition) is 0. The van der Waals surface area contributed by atoms with Gasteiger partial charge in [0.15, 0.2) is 6.10 Å². The van der Waals surface area contributed by atoms with Crippen molar-refractivity contribution in [3.63, 3.8) is 0 Å². The fourth-order valence-corrected chi connectivity index (χ4v) is 6.41. The normalized spacial score (nSPS) is 12.8. The maximum atomic E-state index is 12.8. The van der Waals surface area contributed by atoms with Crippen LogP contribution in [0.15, 0.2) is 85.1 Å². The van der Waals surface area contributed by atoms with Crippen molar-refractivity contribution < 1.29 is 28.6 Å². The molecular formula is C54H90O6. The van der Waals surface area contributed by atoms with Gasteiger partial charge in [0.05, 0.1) is 0 Å². The van der Waals surface area contributed by atoms with Crippen molar-refractivity contribution in [1.82, 2.24) is 0 Å². The Labute approximate surface area is 369 Å². The molecule has 0 aliphatic rings. The lowest BCUT2D eigenvalue weighted by Crippen LogP contribution is -2.30. The van der Waals surface area contributed by atoms with Crippen LogP contribution in [0, 0.1) is 0 Å². The van der Waals surface area contributed by atoms with Crippen molar-refractivity contribution in [3.8, 4) is 0 Å². The Morgan fingerprint density at radius 1 is 0.350 bits per heavy atom. The number of unbranched alkanes of at least 4 members (excludes halogenated alkanes) is 18. The van der Waals surface area contributed by atoms with E-state index in [0.717, 1.165) is 89.9 Å². The van der Waals surface area contributed by atoms with E-state index in [-0.39, 0.29) is 37.5 Å². The summed E-state index contributed by atoms with van der Waals surface area (Å²) in [7, 11) is 0. The third-order valence-corrected chi connectivity index (χ3v) is 10.1. The average Bonchev–Trinajstić information content (AvgIpc) is 3.24. The molecule has 0 fully saturated rings. The molecule has 342 valence electrons. The molecule has 0 saturated carbocycles. The van der Waals surface area contributed by atoms with Crippen molar-refractivity contribution in [1.29, 1.82) is 0 Å². The Hall–Kier alpha value is -3.41. The second-order valence-corrected chi connectivity index (χ2v) is 16.0. The van der Waals surface area contributed by atoms with Crippen LogP contribution in [0.2, 0.25) is 0 Å². The van der Waals surface area contributed by atoms with Crippen molar-refractivity contribution in [2.45, 2.75) is 226 Å². The summed E-state index contributed by atoms with van der Waals surface area (Å²) in [6.45, 7) is 6.38. The first kappa shape index (κ1) is 56.6. The first-order valence-corrected chi connectivity index (χ1v) is 24.6. The van der Waals surface area contributed by atoms with Crippen LogP contribution in [-0.2, 0) is 28.6 Å². The van der Waals surface area contributed by atoms with Gasteiger partial charge in [-0.05, 0) is 109 Å². The molecule has 60 heavy (non-hydrogen) atoms. The van der Waals surface area contributed by atoms with Crippen molar-refractivity contribution in [3.05, 3.63) is 85.1 Å². The van der Waals surface area contributed by atoms with Gasteiger partial charge in [-0.1, -0.05) is 176 Å². The van der Waals surface area contributed by atoms with E-state index < -0.39 is 6.10 Å². The molecule has 0 N–H and O–H groups in total. The standard InChI is InChI=1S/C54H90O6/c1-4-7-10-13-16-19-21-23-25-27-29-30-32-35-38-41-44-47-53(56)59-50-51(49-58-52(55)46-43-40-37-34-18-15-12-9-6-3)60-54(57)48-45-42-39-36-33-31-28-26-24-22-20-17-14-11-8-5-2/h9,12,16,18-19,23,25-26,28-30,34-35,38,51H,4-8,10-11,13-15,17,20-22,24,27,31-33,36-37,39-50H2,1-3H3/b12-9-,19-16-,25-23-,28-26-,30-29-,34-18-,38-35-. The molecule has 6 nitrogen and oxygen atoms in total. The van der Waals surface area contributed by atoms with Crippen molar-refractivity contribution in [2.24, 2.45) is 0 Å². The highest BCUT2D eigenvalue weighted by Gasteiger charge is 2.19. The number of rotatable bonds is 43. The first-order chi connectivity index (χ1) is 29.5. The van der Waals surface area contributed by atoms with E-state index in [1.54, 1.807) is 0 Å². The van der Waals surface area contributed by atoms with Crippen LogP contribution in [0.5, 0.6) is 0 Å². The van der Waals surface area contributed by atoms with Gasteiger partial charge in [0.25, 0.3) is 0 Å². The van der Waals surface area contributed by atoms with Crippen molar-refractivity contribution in [2.75, 3.05) is 13.2 Å². The predicted molar refractivity (Wildman–Crippen MR) is 256 cm³/mol. The highest BCUT2D eigenvalue weighted by molar-refractivity contribution is 5.71. The summed E-state index contributed by atoms with van der Waals surface area (Å²) in [6, 6.07) is 0. The molecule has 0 bridgehead atoms.